The molecule has 1 unspecified atom stereocenters. The highest BCUT2D eigenvalue weighted by atomic mass is 19.4. The van der Waals surface area contributed by atoms with Gasteiger partial charge in [-0.05, 0) is 19.9 Å². The van der Waals surface area contributed by atoms with Crippen LogP contribution in [-0.4, -0.2) is 25.7 Å². The summed E-state index contributed by atoms with van der Waals surface area (Å²) in [5.74, 6) is -0.314. The molecule has 0 aliphatic carbocycles. The molecule has 0 saturated carbocycles. The van der Waals surface area contributed by atoms with E-state index < -0.39 is 23.8 Å². The number of nitrogens with zero attached hydrogens (tertiary/aromatic N) is 4. The minimum atomic E-state index is -4.54. The molecule has 0 fully saturated rings. The highest BCUT2D eigenvalue weighted by molar-refractivity contribution is 5.92. The molecule has 0 aliphatic heterocycles. The average Bonchev–Trinajstić information content (AvgIpc) is 2.90. The number of carbonyl (C=O) groups is 1. The van der Waals surface area contributed by atoms with Crippen LogP contribution < -0.4 is 5.32 Å². The molecule has 0 saturated heterocycles. The van der Waals surface area contributed by atoms with Gasteiger partial charge >= 0.3 is 6.18 Å². The van der Waals surface area contributed by atoms with E-state index in [1.165, 1.54) is 19.3 Å². The lowest BCUT2D eigenvalue weighted by atomic mass is 10.3. The summed E-state index contributed by atoms with van der Waals surface area (Å²) in [6.45, 7) is 3.17. The van der Waals surface area contributed by atoms with Crippen LogP contribution in [0.2, 0.25) is 0 Å². The zero-order valence-corrected chi connectivity index (χ0v) is 11.2. The van der Waals surface area contributed by atoms with Crippen molar-refractivity contribution in [2.75, 3.05) is 5.32 Å². The molecule has 1 amide bonds. The van der Waals surface area contributed by atoms with Crippen molar-refractivity contribution in [1.29, 1.82) is 0 Å². The molecule has 0 bridgehead atoms. The number of rotatable bonds is 3. The third-order valence-corrected chi connectivity index (χ3v) is 2.71. The molecule has 0 radical (unpaired) electrons. The maximum Gasteiger partial charge on any atom is 0.435 e. The minimum absolute atomic E-state index is 0.223. The van der Waals surface area contributed by atoms with Gasteiger partial charge in [-0.25, -0.2) is 4.98 Å². The smallest absolute Gasteiger partial charge is 0.308 e. The summed E-state index contributed by atoms with van der Waals surface area (Å²) in [7, 11) is 0. The quantitative estimate of drug-likeness (QED) is 0.943. The van der Waals surface area contributed by atoms with E-state index in [2.05, 4.69) is 20.4 Å². The number of alkyl halides is 3. The highest BCUT2D eigenvalue weighted by Gasteiger charge is 2.34. The number of aryl methyl sites for hydroxylation is 1. The van der Waals surface area contributed by atoms with E-state index >= 15 is 0 Å². The lowest BCUT2D eigenvalue weighted by Crippen LogP contribution is -2.25. The third-order valence-electron chi connectivity index (χ3n) is 2.71. The van der Waals surface area contributed by atoms with Crippen LogP contribution in [-0.2, 0) is 11.0 Å². The number of nitrogens with one attached hydrogen (secondary N) is 1. The molecule has 0 aliphatic rings. The van der Waals surface area contributed by atoms with Crippen molar-refractivity contribution < 1.29 is 18.0 Å². The van der Waals surface area contributed by atoms with Gasteiger partial charge in [-0.2, -0.15) is 18.3 Å². The molecule has 21 heavy (non-hydrogen) atoms. The summed E-state index contributed by atoms with van der Waals surface area (Å²) >= 11 is 0. The maximum atomic E-state index is 12.5. The molecule has 2 aromatic heterocycles. The second kappa shape index (κ2) is 5.51. The van der Waals surface area contributed by atoms with Gasteiger partial charge in [0.1, 0.15) is 6.04 Å². The van der Waals surface area contributed by atoms with E-state index in [1.807, 2.05) is 0 Å². The number of aromatic nitrogens is 4. The Bertz CT molecular complexity index is 635. The summed E-state index contributed by atoms with van der Waals surface area (Å²) in [6.07, 6.45) is -0.599. The summed E-state index contributed by atoms with van der Waals surface area (Å²) in [4.78, 5) is 19.8. The van der Waals surface area contributed by atoms with Gasteiger partial charge in [0, 0.05) is 6.20 Å². The zero-order chi connectivity index (χ0) is 15.6. The Kier molecular flexibility index (Phi) is 3.92. The summed E-state index contributed by atoms with van der Waals surface area (Å²) in [5, 5.41) is 5.81. The van der Waals surface area contributed by atoms with Crippen LogP contribution in [0.15, 0.2) is 24.7 Å². The standard InChI is InChI=1S/C12H12F3N5O/c1-7-5-17-10(6-16-7)18-11(21)8(2)20-4-3-9(19-20)12(13,14)15/h3-6,8H,1-2H3,(H,17,18,21). The molecule has 2 aromatic rings. The fourth-order valence-electron chi connectivity index (χ4n) is 1.51. The van der Waals surface area contributed by atoms with Crippen LogP contribution in [0.1, 0.15) is 24.4 Å². The molecular weight excluding hydrogens is 287 g/mol. The molecule has 1 atom stereocenters. The Morgan fingerprint density at radius 2 is 2.05 bits per heavy atom. The van der Waals surface area contributed by atoms with Gasteiger partial charge < -0.3 is 5.32 Å². The van der Waals surface area contributed by atoms with Crippen molar-refractivity contribution in [3.63, 3.8) is 0 Å². The van der Waals surface area contributed by atoms with Crippen molar-refractivity contribution in [3.8, 4) is 0 Å². The molecule has 6 nitrogen and oxygen atoms in total. The van der Waals surface area contributed by atoms with Gasteiger partial charge in [0.05, 0.1) is 18.1 Å². The van der Waals surface area contributed by atoms with Gasteiger partial charge in [-0.1, -0.05) is 0 Å². The lowest BCUT2D eigenvalue weighted by Gasteiger charge is -2.12. The van der Waals surface area contributed by atoms with Gasteiger partial charge in [0.15, 0.2) is 11.5 Å². The molecule has 1 N–H and O–H groups in total. The second-order valence-corrected chi connectivity index (χ2v) is 4.39. The van der Waals surface area contributed by atoms with E-state index in [4.69, 9.17) is 0 Å². The van der Waals surface area contributed by atoms with Crippen molar-refractivity contribution in [2.24, 2.45) is 0 Å². The Labute approximate surface area is 118 Å². The fourth-order valence-corrected chi connectivity index (χ4v) is 1.51. The number of hydrogen-bond donors (Lipinski definition) is 1. The van der Waals surface area contributed by atoms with Crippen LogP contribution in [0.4, 0.5) is 19.0 Å². The van der Waals surface area contributed by atoms with Crippen molar-refractivity contribution in [1.82, 2.24) is 19.7 Å². The number of anilines is 1. The summed E-state index contributed by atoms with van der Waals surface area (Å²) in [6, 6.07) is -0.0978. The monoisotopic (exact) mass is 299 g/mol. The first-order valence-electron chi connectivity index (χ1n) is 5.99. The van der Waals surface area contributed by atoms with Gasteiger partial charge in [0.25, 0.3) is 0 Å². The van der Waals surface area contributed by atoms with Crippen LogP contribution in [0.5, 0.6) is 0 Å². The van der Waals surface area contributed by atoms with E-state index in [0.717, 1.165) is 16.9 Å². The Balaban J connectivity index is 2.08. The largest absolute Gasteiger partial charge is 0.435 e. The molecule has 0 aromatic carbocycles. The highest BCUT2D eigenvalue weighted by Crippen LogP contribution is 2.27. The number of carbonyl (C=O) groups excluding carboxylic acids is 1. The molecule has 2 rings (SSSR count). The predicted molar refractivity (Wildman–Crippen MR) is 67.3 cm³/mol. The Morgan fingerprint density at radius 1 is 1.33 bits per heavy atom. The molecular formula is C12H12F3N5O. The number of hydrogen-bond acceptors (Lipinski definition) is 4. The summed E-state index contributed by atoms with van der Waals surface area (Å²) < 4.78 is 38.3. The molecule has 112 valence electrons. The van der Waals surface area contributed by atoms with Crippen molar-refractivity contribution in [2.45, 2.75) is 26.1 Å². The average molecular weight is 299 g/mol. The topological polar surface area (TPSA) is 72.7 Å². The Morgan fingerprint density at radius 3 is 2.57 bits per heavy atom. The van der Waals surface area contributed by atoms with Crippen LogP contribution in [0, 0.1) is 6.92 Å². The van der Waals surface area contributed by atoms with Crippen LogP contribution >= 0.6 is 0 Å². The molecule has 0 spiro atoms. The normalized spacial score (nSPS) is 13.0. The number of amides is 1. The van der Waals surface area contributed by atoms with Crippen LogP contribution in [0.25, 0.3) is 0 Å². The predicted octanol–water partition coefficient (Wildman–Crippen LogP) is 2.20. The van der Waals surface area contributed by atoms with E-state index in [9.17, 15) is 18.0 Å². The number of halogens is 3. The van der Waals surface area contributed by atoms with E-state index in [1.54, 1.807) is 6.92 Å². The minimum Gasteiger partial charge on any atom is -0.308 e. The van der Waals surface area contributed by atoms with Gasteiger partial charge in [0.2, 0.25) is 5.91 Å². The lowest BCUT2D eigenvalue weighted by molar-refractivity contribution is -0.141. The first-order chi connectivity index (χ1) is 9.77. The van der Waals surface area contributed by atoms with Crippen molar-refractivity contribution in [3.05, 3.63) is 36.0 Å². The van der Waals surface area contributed by atoms with Crippen molar-refractivity contribution >= 4 is 11.7 Å². The van der Waals surface area contributed by atoms with E-state index in [-0.39, 0.29) is 5.82 Å². The third kappa shape index (κ3) is 3.56. The maximum absolute atomic E-state index is 12.5. The second-order valence-electron chi connectivity index (χ2n) is 4.39. The van der Waals surface area contributed by atoms with Crippen LogP contribution in [0.3, 0.4) is 0 Å². The molecule has 2 heterocycles. The zero-order valence-electron chi connectivity index (χ0n) is 11.2. The van der Waals surface area contributed by atoms with Gasteiger partial charge in [-0.3, -0.25) is 14.5 Å². The van der Waals surface area contributed by atoms with E-state index in [0.29, 0.717) is 5.69 Å². The molecule has 9 heteroatoms. The van der Waals surface area contributed by atoms with Gasteiger partial charge in [-0.15, -0.1) is 0 Å². The first kappa shape index (κ1) is 14.9. The summed E-state index contributed by atoms with van der Waals surface area (Å²) in [5.41, 5.74) is -0.361. The fraction of sp³-hybridized carbons (Fsp3) is 0.333. The SMILES string of the molecule is Cc1cnc(NC(=O)C(C)n2ccc(C(F)(F)F)n2)cn1. The Hall–Kier alpha value is -2.45. The first-order valence-corrected chi connectivity index (χ1v) is 5.99.